The number of nitrogens with one attached hydrogen (secondary N) is 1. The molecule has 0 unspecified atom stereocenters. The molecule has 7 heteroatoms. The van der Waals surface area contributed by atoms with E-state index in [1.54, 1.807) is 29.1 Å². The van der Waals surface area contributed by atoms with Crippen LogP contribution in [-0.4, -0.2) is 28.8 Å². The Kier molecular flexibility index (Phi) is 7.26. The van der Waals surface area contributed by atoms with Gasteiger partial charge in [-0.05, 0) is 43.3 Å². The van der Waals surface area contributed by atoms with Crippen molar-refractivity contribution in [3.8, 4) is 28.8 Å². The van der Waals surface area contributed by atoms with E-state index in [0.717, 1.165) is 11.3 Å². The van der Waals surface area contributed by atoms with Gasteiger partial charge in [-0.2, -0.15) is 10.4 Å². The van der Waals surface area contributed by atoms with Gasteiger partial charge in [0.1, 0.15) is 23.1 Å². The number of carbonyl (C=O) groups is 1. The van der Waals surface area contributed by atoms with Gasteiger partial charge in [-0.25, -0.2) is 4.68 Å². The second-order valence-electron chi connectivity index (χ2n) is 6.46. The van der Waals surface area contributed by atoms with Crippen LogP contribution in [0.3, 0.4) is 0 Å². The molecule has 0 saturated carbocycles. The van der Waals surface area contributed by atoms with Gasteiger partial charge in [-0.1, -0.05) is 35.9 Å². The van der Waals surface area contributed by atoms with Crippen molar-refractivity contribution in [2.45, 2.75) is 6.92 Å². The number of nitrogens with zero attached hydrogens (tertiary/aromatic N) is 3. The lowest BCUT2D eigenvalue weighted by Crippen LogP contribution is -2.24. The van der Waals surface area contributed by atoms with Crippen molar-refractivity contribution in [1.29, 1.82) is 5.26 Å². The van der Waals surface area contributed by atoms with Gasteiger partial charge < -0.3 is 10.1 Å². The fourth-order valence-corrected chi connectivity index (χ4v) is 3.15. The average molecular weight is 433 g/mol. The van der Waals surface area contributed by atoms with E-state index in [0.29, 0.717) is 28.6 Å². The summed E-state index contributed by atoms with van der Waals surface area (Å²) in [5, 5.41) is 17.3. The maximum atomic E-state index is 12.3. The summed E-state index contributed by atoms with van der Waals surface area (Å²) in [7, 11) is 0. The quantitative estimate of drug-likeness (QED) is 0.315. The Labute approximate surface area is 186 Å². The van der Waals surface area contributed by atoms with Crippen LogP contribution in [0.5, 0.6) is 5.75 Å². The predicted octanol–water partition coefficient (Wildman–Crippen LogP) is 4.80. The van der Waals surface area contributed by atoms with Crippen LogP contribution < -0.4 is 10.1 Å². The predicted molar refractivity (Wildman–Crippen MR) is 122 cm³/mol. The Bertz CT molecular complexity index is 1160. The van der Waals surface area contributed by atoms with Crippen molar-refractivity contribution in [3.05, 3.63) is 83.5 Å². The van der Waals surface area contributed by atoms with Crippen molar-refractivity contribution < 1.29 is 9.53 Å². The highest BCUT2D eigenvalue weighted by Gasteiger charge is 2.16. The molecule has 1 aromatic heterocycles. The lowest BCUT2D eigenvalue weighted by atomic mass is 10.1. The molecule has 0 spiro atoms. The molecule has 31 heavy (non-hydrogen) atoms. The highest BCUT2D eigenvalue weighted by atomic mass is 35.5. The van der Waals surface area contributed by atoms with Crippen LogP contribution in [0.2, 0.25) is 5.02 Å². The molecule has 3 rings (SSSR count). The molecular weight excluding hydrogens is 412 g/mol. The monoisotopic (exact) mass is 432 g/mol. The minimum atomic E-state index is -0.481. The smallest absolute Gasteiger partial charge is 0.262 e. The third kappa shape index (κ3) is 5.21. The second-order valence-corrected chi connectivity index (χ2v) is 6.87. The van der Waals surface area contributed by atoms with Gasteiger partial charge in [-0.3, -0.25) is 4.79 Å². The molecule has 0 radical (unpaired) electrons. The highest BCUT2D eigenvalue weighted by molar-refractivity contribution is 6.32. The molecule has 0 fully saturated rings. The van der Waals surface area contributed by atoms with E-state index < -0.39 is 5.91 Å². The minimum absolute atomic E-state index is 0.0345. The minimum Gasteiger partial charge on any atom is -0.492 e. The number of rotatable bonds is 8. The van der Waals surface area contributed by atoms with E-state index >= 15 is 0 Å². The molecule has 6 nitrogen and oxygen atoms in total. The number of aromatic nitrogens is 2. The van der Waals surface area contributed by atoms with Crippen LogP contribution in [0.25, 0.3) is 23.0 Å². The molecule has 0 aliphatic heterocycles. The number of hydrogen-bond donors (Lipinski definition) is 1. The lowest BCUT2D eigenvalue weighted by Gasteiger charge is -2.07. The van der Waals surface area contributed by atoms with Crippen LogP contribution in [-0.2, 0) is 4.79 Å². The number of ether oxygens (including phenoxy) is 1. The number of hydrogen-bond acceptors (Lipinski definition) is 4. The molecule has 2 aromatic carbocycles. The van der Waals surface area contributed by atoms with E-state index in [4.69, 9.17) is 21.4 Å². The molecule has 0 aliphatic carbocycles. The van der Waals surface area contributed by atoms with Gasteiger partial charge in [-0.15, -0.1) is 6.58 Å². The van der Waals surface area contributed by atoms with Crippen molar-refractivity contribution in [1.82, 2.24) is 15.1 Å². The summed E-state index contributed by atoms with van der Waals surface area (Å²) >= 11 is 6.37. The van der Waals surface area contributed by atoms with Gasteiger partial charge in [0.2, 0.25) is 0 Å². The van der Waals surface area contributed by atoms with Gasteiger partial charge in [0.25, 0.3) is 5.91 Å². The van der Waals surface area contributed by atoms with Crippen molar-refractivity contribution >= 4 is 23.6 Å². The summed E-state index contributed by atoms with van der Waals surface area (Å²) in [5.74, 6) is 0.0968. The molecule has 156 valence electrons. The first kappa shape index (κ1) is 21.9. The normalized spacial score (nSPS) is 10.9. The van der Waals surface area contributed by atoms with Gasteiger partial charge in [0, 0.05) is 23.9 Å². The van der Waals surface area contributed by atoms with Crippen LogP contribution >= 0.6 is 11.6 Å². The summed E-state index contributed by atoms with van der Waals surface area (Å²) in [4.78, 5) is 12.3. The molecule has 1 heterocycles. The highest BCUT2D eigenvalue weighted by Crippen LogP contribution is 2.32. The molecule has 0 bridgehead atoms. The molecule has 0 atom stereocenters. The summed E-state index contributed by atoms with van der Waals surface area (Å²) in [6.45, 7) is 6.22. The van der Waals surface area contributed by atoms with Gasteiger partial charge >= 0.3 is 0 Å². The van der Waals surface area contributed by atoms with Crippen molar-refractivity contribution in [2.75, 3.05) is 13.2 Å². The van der Waals surface area contributed by atoms with E-state index in [2.05, 4.69) is 11.9 Å². The Morgan fingerprint density at radius 1 is 1.32 bits per heavy atom. The molecule has 1 amide bonds. The first-order chi connectivity index (χ1) is 15.1. The summed E-state index contributed by atoms with van der Waals surface area (Å²) < 4.78 is 7.21. The van der Waals surface area contributed by atoms with E-state index in [-0.39, 0.29) is 12.1 Å². The fourth-order valence-electron chi connectivity index (χ4n) is 2.92. The summed E-state index contributed by atoms with van der Waals surface area (Å²) in [5.41, 5.74) is 2.73. The largest absolute Gasteiger partial charge is 0.492 e. The first-order valence-corrected chi connectivity index (χ1v) is 10.0. The van der Waals surface area contributed by atoms with Crippen molar-refractivity contribution in [3.63, 3.8) is 0 Å². The molecule has 1 N–H and O–H groups in total. The van der Waals surface area contributed by atoms with E-state index in [1.165, 1.54) is 6.08 Å². The van der Waals surface area contributed by atoms with E-state index in [1.807, 2.05) is 49.4 Å². The zero-order chi connectivity index (χ0) is 22.2. The maximum Gasteiger partial charge on any atom is 0.262 e. The Hall–Kier alpha value is -3.82. The van der Waals surface area contributed by atoms with Gasteiger partial charge in [0.15, 0.2) is 0 Å². The lowest BCUT2D eigenvalue weighted by molar-refractivity contribution is -0.116. The fraction of sp³-hybridized carbons (Fsp3) is 0.125. The number of carbonyl (C=O) groups excluding carboxylic acids is 1. The summed E-state index contributed by atoms with van der Waals surface area (Å²) in [6, 6.07) is 16.9. The van der Waals surface area contributed by atoms with Gasteiger partial charge in [0.05, 0.1) is 17.3 Å². The van der Waals surface area contributed by atoms with Crippen molar-refractivity contribution in [2.24, 2.45) is 0 Å². The summed E-state index contributed by atoms with van der Waals surface area (Å²) in [6.07, 6.45) is 4.84. The molecule has 0 saturated heterocycles. The molecule has 3 aromatic rings. The average Bonchev–Trinajstić information content (AvgIpc) is 3.21. The van der Waals surface area contributed by atoms with Crippen LogP contribution in [0, 0.1) is 11.3 Å². The number of amides is 1. The third-order valence-electron chi connectivity index (χ3n) is 4.34. The number of nitriles is 1. The number of para-hydroxylation sites is 1. The number of halogens is 1. The third-order valence-corrected chi connectivity index (χ3v) is 4.64. The maximum absolute atomic E-state index is 12.3. The Morgan fingerprint density at radius 3 is 2.74 bits per heavy atom. The zero-order valence-electron chi connectivity index (χ0n) is 17.0. The number of benzene rings is 2. The van der Waals surface area contributed by atoms with E-state index in [9.17, 15) is 10.1 Å². The Morgan fingerprint density at radius 2 is 2.10 bits per heavy atom. The van der Waals surface area contributed by atoms with Crippen LogP contribution in [0.4, 0.5) is 0 Å². The second kappa shape index (κ2) is 10.3. The molecular formula is C24H21ClN4O2. The SMILES string of the molecule is C=CCNC(=O)/C(C#N)=C\c1cn(-c2ccccc2)nc1-c1ccc(OCC)c(Cl)c1. The van der Waals surface area contributed by atoms with Crippen LogP contribution in [0.1, 0.15) is 12.5 Å². The topological polar surface area (TPSA) is 79.9 Å². The van der Waals surface area contributed by atoms with Crippen LogP contribution in [0.15, 0.2) is 73.0 Å². The molecule has 0 aliphatic rings. The zero-order valence-corrected chi connectivity index (χ0v) is 17.8. The first-order valence-electron chi connectivity index (χ1n) is 9.66. The Balaban J connectivity index is 2.11. The standard InChI is InChI=1S/C24H21ClN4O2/c1-3-12-27-24(30)18(15-26)13-19-16-29(20-8-6-5-7-9-20)28-23(19)17-10-11-22(31-4-2)21(25)14-17/h3,5-11,13-14,16H,1,4,12H2,2H3,(H,27,30)/b18-13-.